The number of esters is 2. The Bertz CT molecular complexity index is 5560. The van der Waals surface area contributed by atoms with E-state index in [1.54, 1.807) is 148 Å². The van der Waals surface area contributed by atoms with Gasteiger partial charge < -0.3 is 84.7 Å². The number of pyridine rings is 2. The largest absolute Gasteiger partial charge is 0.543 e. The molecule has 4 aromatic heterocycles. The summed E-state index contributed by atoms with van der Waals surface area (Å²) in [6.07, 6.45) is 11.0. The predicted molar refractivity (Wildman–Crippen MR) is 551 cm³/mol. The van der Waals surface area contributed by atoms with E-state index in [4.69, 9.17) is 29.1 Å². The number of carbonyl (C=O) groups excluding carboxylic acids is 13. The second-order valence-electron chi connectivity index (χ2n) is 36.8. The molecule has 0 spiro atoms. The molecule has 0 radical (unpaired) electrons. The van der Waals surface area contributed by atoms with Gasteiger partial charge in [0.2, 0.25) is 43.3 Å². The SMILES string of the molecule is CC(C)(C)OC(=O)C(C)(C)O/N=C(\C(=O)N[C@@H]1C(=O)N2C(C(=O)[O-])=C(C[n+]3ccccc3)CS[C@H]12)c1csc(NC(c2ccccc2)(c2ccccc2)c2ccccc2)n1.CC(C)(C)OC(=O)C(C)(C)O/N=C(\C(=O)N[C@@H]1C(=O)N2C(C(=O)[O-])=C(C[n+]3ccccc3)CS[C@H]12)c1csc(NC(c2ccccc2)(c2ccccc2)c2ccccc2)n1.CN(C)C=O.CN(C)C=O.CN(C)C=O.CN(C)C=O.CN(C)C=O. The number of hydrogen-bond donors (Lipinski definition) is 4. The minimum Gasteiger partial charge on any atom is -0.543 e. The standard InChI is InChI=1S/2C45H44N6O7S2.5C3H7NO/c2*1-43(2,3)57-41(56)44(4,5)58-49-34(37(52)47-35-38(53)51-36(40(54)55)29(27-59-39(35)51)26-50-24-16-9-17-25-50)33-28-60-42(46-33)48-45(30-18-10-6-11-19-30,31-20-12-7-13-21-31)32-22-14-8-15-23-32;5*1-4(2)3-5/h2*6-25,28,35,39H,26-27H2,1-5H3,(H2-,46,47,48,52,54,55);5*3H,1-2H3/b2*49-34-;;;;;/t2*35-,39-;;;;;/m11...../s1. The molecule has 766 valence electrons. The average molecular weight is 2060 g/mol. The van der Waals surface area contributed by atoms with E-state index in [1.807, 2.05) is 228 Å². The molecule has 40 heteroatoms. The number of anilines is 2. The number of thioether (sulfide) groups is 2. The van der Waals surface area contributed by atoms with E-state index in [0.29, 0.717) is 21.4 Å². The molecule has 2 fully saturated rings. The number of benzene rings is 6. The Labute approximate surface area is 860 Å². The maximum absolute atomic E-state index is 14.3. The summed E-state index contributed by atoms with van der Waals surface area (Å²) < 4.78 is 14.7. The Morgan fingerprint density at radius 2 is 0.634 bits per heavy atom. The van der Waals surface area contributed by atoms with Gasteiger partial charge in [-0.1, -0.05) is 204 Å². The van der Waals surface area contributed by atoms with Crippen molar-refractivity contribution in [2.24, 2.45) is 10.3 Å². The summed E-state index contributed by atoms with van der Waals surface area (Å²) in [6.45, 7) is 16.7. The summed E-state index contributed by atoms with van der Waals surface area (Å²) in [5.74, 6) is -6.71. The van der Waals surface area contributed by atoms with Gasteiger partial charge in [-0.25, -0.2) is 28.7 Å². The number of rotatable bonds is 33. The third kappa shape index (κ3) is 31.9. The Hall–Kier alpha value is -15.3. The van der Waals surface area contributed by atoms with Crippen LogP contribution >= 0.6 is 46.2 Å². The number of aromatic nitrogens is 4. The van der Waals surface area contributed by atoms with Gasteiger partial charge >= 0.3 is 11.9 Å². The molecule has 4 aliphatic heterocycles. The molecule has 9 amide bonds. The minimum atomic E-state index is -1.64. The van der Waals surface area contributed by atoms with Crippen LogP contribution in [-0.2, 0) is 106 Å². The van der Waals surface area contributed by atoms with Crippen molar-refractivity contribution >= 4 is 147 Å². The van der Waals surface area contributed by atoms with Crippen LogP contribution in [0.3, 0.4) is 0 Å². The van der Waals surface area contributed by atoms with Crippen LogP contribution in [0.15, 0.2) is 287 Å². The van der Waals surface area contributed by atoms with Gasteiger partial charge in [-0.05, 0) is 103 Å². The van der Waals surface area contributed by atoms with Crippen molar-refractivity contribution in [3.8, 4) is 0 Å². The van der Waals surface area contributed by atoms with Crippen molar-refractivity contribution in [2.75, 3.05) is 92.6 Å². The molecule has 36 nitrogen and oxygen atoms in total. The second-order valence-corrected chi connectivity index (χ2v) is 40.7. The molecule has 0 saturated carbocycles. The normalized spacial score (nSPS) is 15.2. The summed E-state index contributed by atoms with van der Waals surface area (Å²) in [7, 11) is 16.9. The van der Waals surface area contributed by atoms with Gasteiger partial charge in [0, 0.05) is 128 Å². The number of fused-ring (bicyclic) bond motifs is 2. The highest BCUT2D eigenvalue weighted by Crippen LogP contribution is 2.46. The fourth-order valence-electron chi connectivity index (χ4n) is 13.9. The highest BCUT2D eigenvalue weighted by molar-refractivity contribution is 8.00. The van der Waals surface area contributed by atoms with E-state index >= 15 is 0 Å². The maximum Gasteiger partial charge on any atom is 0.353 e. The summed E-state index contributed by atoms with van der Waals surface area (Å²) in [5, 5.41) is 48.9. The molecule has 4 N–H and O–H groups in total. The highest BCUT2D eigenvalue weighted by Gasteiger charge is 2.56. The van der Waals surface area contributed by atoms with Crippen molar-refractivity contribution in [1.82, 2.24) is 54.9 Å². The topological polar surface area (TPSA) is 434 Å². The molecule has 0 aliphatic carbocycles. The van der Waals surface area contributed by atoms with Crippen LogP contribution < -0.4 is 40.6 Å². The first-order valence-corrected chi connectivity index (χ1v) is 49.2. The third-order valence-corrected chi connectivity index (χ3v) is 24.9. The maximum atomic E-state index is 14.3. The number of nitrogens with zero attached hydrogens (tertiary/aromatic N) is 13. The first-order chi connectivity index (χ1) is 68.7. The van der Waals surface area contributed by atoms with Crippen molar-refractivity contribution < 1.29 is 101 Å². The number of β-lactam (4-membered cyclic amide) rings is 2. The molecule has 145 heavy (non-hydrogen) atoms. The third-order valence-electron chi connectivity index (χ3n) is 20.7. The Morgan fingerprint density at radius 3 is 0.855 bits per heavy atom. The van der Waals surface area contributed by atoms with E-state index in [1.165, 1.54) is 98.4 Å². The Morgan fingerprint density at radius 1 is 0.400 bits per heavy atom. The van der Waals surface area contributed by atoms with Crippen LogP contribution in [0.2, 0.25) is 0 Å². The number of thiazole rings is 2. The molecule has 2 saturated heterocycles. The van der Waals surface area contributed by atoms with Crippen LogP contribution in [-0.4, -0.2) is 262 Å². The van der Waals surface area contributed by atoms with Gasteiger partial charge in [-0.15, -0.1) is 46.2 Å². The summed E-state index contributed by atoms with van der Waals surface area (Å²) in [6, 6.07) is 68.4. The highest BCUT2D eigenvalue weighted by atomic mass is 32.2. The minimum absolute atomic E-state index is 0.0977. The first-order valence-electron chi connectivity index (χ1n) is 45.4. The monoisotopic (exact) mass is 2050 g/mol. The quantitative estimate of drug-likeness (QED) is 0.00574. The lowest BCUT2D eigenvalue weighted by molar-refractivity contribution is -0.689. The van der Waals surface area contributed by atoms with Gasteiger partial charge in [0.1, 0.15) is 56.5 Å². The predicted octanol–water partition coefficient (Wildman–Crippen LogP) is 8.08. The summed E-state index contributed by atoms with van der Waals surface area (Å²) in [4.78, 5) is 185. The van der Waals surface area contributed by atoms with Gasteiger partial charge in [-0.3, -0.25) is 53.0 Å². The summed E-state index contributed by atoms with van der Waals surface area (Å²) >= 11 is 5.10. The van der Waals surface area contributed by atoms with Crippen molar-refractivity contribution in [3.63, 3.8) is 0 Å². The number of oxime groups is 2. The van der Waals surface area contributed by atoms with E-state index < -0.39 is 104 Å². The number of carboxylic acids is 2. The average Bonchev–Trinajstić information content (AvgIpc) is 1.15. The zero-order chi connectivity index (χ0) is 107. The van der Waals surface area contributed by atoms with Crippen molar-refractivity contribution in [1.29, 1.82) is 0 Å². The van der Waals surface area contributed by atoms with Gasteiger partial charge in [0.25, 0.3) is 23.6 Å². The molecule has 4 atom stereocenters. The number of nitrogens with one attached hydrogen (secondary N) is 4. The molecule has 10 aromatic rings. The number of hydrogen-bond acceptors (Lipinski definition) is 29. The zero-order valence-corrected chi connectivity index (χ0v) is 87.7. The van der Waals surface area contributed by atoms with E-state index in [0.717, 1.165) is 75.2 Å². The zero-order valence-electron chi connectivity index (χ0n) is 84.5. The van der Waals surface area contributed by atoms with Crippen molar-refractivity contribution in [3.05, 3.63) is 321 Å². The molecule has 0 unspecified atom stereocenters. The van der Waals surface area contributed by atoms with Crippen LogP contribution in [0.5, 0.6) is 0 Å². The number of aliphatic carboxylic acids is 2. The molecule has 4 aliphatic rings. The second kappa shape index (κ2) is 53.2. The number of carboxylic acid groups (broad SMARTS) is 2. The molecule has 0 bridgehead atoms. The Kier molecular flexibility index (Phi) is 42.2. The van der Waals surface area contributed by atoms with Gasteiger partial charge in [0.15, 0.2) is 59.6 Å². The lowest BCUT2D eigenvalue weighted by Gasteiger charge is -2.50. The van der Waals surface area contributed by atoms with Gasteiger partial charge in [-0.2, -0.15) is 0 Å². The van der Waals surface area contributed by atoms with Gasteiger partial charge in [0.05, 0.1) is 23.3 Å². The van der Waals surface area contributed by atoms with E-state index in [2.05, 4.69) is 31.6 Å². The molecular weight excluding hydrogens is 1930 g/mol. The fraction of sp³-hybridized carbons (Fsp3) is 0.324. The summed E-state index contributed by atoms with van der Waals surface area (Å²) in [5.41, 5.74) is -1.05. The lowest BCUT2D eigenvalue weighted by Crippen LogP contribution is -2.71. The fourth-order valence-corrected chi connectivity index (χ4v) is 18.1. The number of carbonyl (C=O) groups is 13. The molecule has 14 rings (SSSR count). The molecule has 8 heterocycles. The van der Waals surface area contributed by atoms with Crippen LogP contribution in [0.25, 0.3) is 0 Å². The van der Waals surface area contributed by atoms with E-state index in [-0.39, 0.29) is 58.8 Å². The smallest absolute Gasteiger partial charge is 0.353 e. The first kappa shape index (κ1) is 115. The number of amides is 9. The van der Waals surface area contributed by atoms with Crippen LogP contribution in [0, 0.1) is 0 Å². The molecule has 6 aromatic carbocycles. The lowest BCUT2D eigenvalue weighted by atomic mass is 9.77. The van der Waals surface area contributed by atoms with E-state index in [9.17, 15) is 72.5 Å². The van der Waals surface area contributed by atoms with Crippen molar-refractivity contribution in [2.45, 2.75) is 139 Å². The van der Waals surface area contributed by atoms with Crippen LogP contribution in [0.1, 0.15) is 114 Å². The Balaban J connectivity index is 0.000000286. The van der Waals surface area contributed by atoms with Crippen LogP contribution in [0.4, 0.5) is 10.3 Å². The molecular formula is C105H123N17O19S4. The number of ether oxygens (including phenoxy) is 2.